The van der Waals surface area contributed by atoms with Gasteiger partial charge >= 0.3 is 12.1 Å². The van der Waals surface area contributed by atoms with Crippen LogP contribution in [0.5, 0.6) is 0 Å². The number of benzene rings is 3. The van der Waals surface area contributed by atoms with Crippen molar-refractivity contribution in [3.05, 3.63) is 95.1 Å². The van der Waals surface area contributed by atoms with E-state index in [1.165, 1.54) is 29.0 Å². The molecule has 0 aromatic heterocycles. The van der Waals surface area contributed by atoms with Gasteiger partial charge in [-0.15, -0.1) is 0 Å². The molecule has 1 unspecified atom stereocenters. The fraction of sp³-hybridized carbons (Fsp3) is 0.432. The molecule has 2 aliphatic carbocycles. The minimum atomic E-state index is -4.55. The van der Waals surface area contributed by atoms with E-state index in [1.54, 1.807) is 14.0 Å². The molecule has 0 heterocycles. The summed E-state index contributed by atoms with van der Waals surface area (Å²) in [5.74, 6) is -2.28. The molecule has 0 saturated heterocycles. The van der Waals surface area contributed by atoms with E-state index in [-0.39, 0.29) is 31.4 Å². The van der Waals surface area contributed by atoms with Crippen molar-refractivity contribution in [2.24, 2.45) is 5.92 Å². The molecule has 3 aromatic carbocycles. The maximum Gasteiger partial charge on any atom is 0.416 e. The first-order chi connectivity index (χ1) is 23.3. The molecule has 3 atom stereocenters. The number of carboxylic acids is 1. The quantitative estimate of drug-likeness (QED) is 0.212. The lowest BCUT2D eigenvalue weighted by Crippen LogP contribution is -2.58. The van der Waals surface area contributed by atoms with E-state index in [0.29, 0.717) is 12.0 Å². The Morgan fingerprint density at radius 2 is 1.45 bits per heavy atom. The number of halogens is 3. The number of aliphatic hydroxyl groups is 1. The second-order valence-corrected chi connectivity index (χ2v) is 12.9. The van der Waals surface area contributed by atoms with Gasteiger partial charge in [0.25, 0.3) is 0 Å². The number of nitrogens with zero attached hydrogens (tertiary/aromatic N) is 3. The van der Waals surface area contributed by atoms with E-state index < -0.39 is 54.6 Å². The monoisotopic (exact) mass is 681 g/mol. The third-order valence-electron chi connectivity index (χ3n) is 9.50. The van der Waals surface area contributed by atoms with Gasteiger partial charge in [0.1, 0.15) is 12.6 Å². The Kier molecular flexibility index (Phi) is 11.1. The number of ether oxygens (including phenoxy) is 1. The number of aliphatic carboxylic acids is 1. The van der Waals surface area contributed by atoms with Crippen LogP contribution in [0, 0.1) is 5.92 Å². The Balaban J connectivity index is 1.37. The molecule has 262 valence electrons. The lowest BCUT2D eigenvalue weighted by molar-refractivity contribution is -0.203. The van der Waals surface area contributed by atoms with Crippen LogP contribution in [0.15, 0.2) is 72.8 Å². The zero-order chi connectivity index (χ0) is 35.5. The number of carbonyl (C=O) groups excluding carboxylic acids is 2. The zero-order valence-electron chi connectivity index (χ0n) is 27.8. The third-order valence-corrected chi connectivity index (χ3v) is 9.50. The molecule has 9 nitrogen and oxygen atoms in total. The Labute approximate surface area is 283 Å². The molecular weight excluding hydrogens is 639 g/mol. The molecule has 5 rings (SSSR count). The smallest absolute Gasteiger partial charge is 0.416 e. The molecule has 2 amide bonds. The average molecular weight is 682 g/mol. The number of rotatable bonds is 15. The van der Waals surface area contributed by atoms with Crippen molar-refractivity contribution in [3.8, 4) is 11.1 Å². The van der Waals surface area contributed by atoms with E-state index in [9.17, 15) is 37.8 Å². The number of hydrogen-bond donors (Lipinski definition) is 2. The van der Waals surface area contributed by atoms with Crippen LogP contribution >= 0.6 is 0 Å². The van der Waals surface area contributed by atoms with Crippen LogP contribution < -0.4 is 0 Å². The average Bonchev–Trinajstić information content (AvgIpc) is 3.85. The van der Waals surface area contributed by atoms with E-state index in [4.69, 9.17) is 4.74 Å². The summed E-state index contributed by atoms with van der Waals surface area (Å²) in [6.07, 6.45) is -3.94. The molecule has 1 saturated carbocycles. The standard InChI is InChI=1S/C37H42F3N3O6/c1-4-43(32(34(46)41(2)21-33(44)45)20-24-15-17-25(18-16-24)37(38,39)40)35(47)31(19-23-13-14-23)42(3)36(48)49-22-30-28-11-7-5-9-26(28)27-10-6-8-12-29(27)30/h5-12,15-18,23,30-32,36,48H,4,13-14,19-22H2,1-3H3,(H,44,45)/t31-,32-,36?/m0/s1. The van der Waals surface area contributed by atoms with Gasteiger partial charge in [-0.05, 0) is 66.3 Å². The van der Waals surface area contributed by atoms with Crippen molar-refractivity contribution >= 4 is 17.8 Å². The molecule has 2 N–H and O–H groups in total. The number of carboxylic acid groups (broad SMARTS) is 1. The van der Waals surface area contributed by atoms with Crippen LogP contribution in [0.3, 0.4) is 0 Å². The second kappa shape index (κ2) is 15.1. The molecule has 0 spiro atoms. The summed E-state index contributed by atoms with van der Waals surface area (Å²) >= 11 is 0. The Hall–Kier alpha value is -4.26. The lowest BCUT2D eigenvalue weighted by Gasteiger charge is -2.38. The van der Waals surface area contributed by atoms with Crippen molar-refractivity contribution in [1.82, 2.24) is 14.7 Å². The van der Waals surface area contributed by atoms with Gasteiger partial charge in [0.2, 0.25) is 18.2 Å². The van der Waals surface area contributed by atoms with Crippen LogP contribution in [-0.4, -0.2) is 95.0 Å². The summed E-state index contributed by atoms with van der Waals surface area (Å²) in [6, 6.07) is 18.3. The van der Waals surface area contributed by atoms with Crippen molar-refractivity contribution in [3.63, 3.8) is 0 Å². The van der Waals surface area contributed by atoms with Gasteiger partial charge in [-0.25, -0.2) is 4.90 Å². The summed E-state index contributed by atoms with van der Waals surface area (Å²) in [7, 11) is 2.89. The van der Waals surface area contributed by atoms with Gasteiger partial charge in [-0.2, -0.15) is 13.2 Å². The summed E-state index contributed by atoms with van der Waals surface area (Å²) < 4.78 is 45.8. The molecule has 12 heteroatoms. The van der Waals surface area contributed by atoms with Crippen molar-refractivity contribution in [1.29, 1.82) is 0 Å². The molecule has 0 radical (unpaired) electrons. The first-order valence-electron chi connectivity index (χ1n) is 16.4. The molecule has 0 bridgehead atoms. The predicted octanol–water partition coefficient (Wildman–Crippen LogP) is 5.21. The molecule has 0 aliphatic heterocycles. The third kappa shape index (κ3) is 8.31. The Bertz CT molecular complexity index is 1600. The number of carbonyl (C=O) groups is 3. The van der Waals surface area contributed by atoms with Crippen LogP contribution in [0.25, 0.3) is 11.1 Å². The normalized spacial score (nSPS) is 16.1. The highest BCUT2D eigenvalue weighted by Gasteiger charge is 2.41. The van der Waals surface area contributed by atoms with Crippen LogP contribution in [-0.2, 0) is 31.7 Å². The largest absolute Gasteiger partial charge is 0.480 e. The Morgan fingerprint density at radius 1 is 0.878 bits per heavy atom. The fourth-order valence-corrected chi connectivity index (χ4v) is 6.64. The van der Waals surface area contributed by atoms with Gasteiger partial charge in [0, 0.05) is 25.9 Å². The molecule has 1 fully saturated rings. The maximum absolute atomic E-state index is 14.4. The van der Waals surface area contributed by atoms with Gasteiger partial charge < -0.3 is 24.7 Å². The van der Waals surface area contributed by atoms with Crippen molar-refractivity contribution < 1.29 is 42.5 Å². The number of aliphatic hydroxyl groups excluding tert-OH is 1. The van der Waals surface area contributed by atoms with Crippen LogP contribution in [0.2, 0.25) is 0 Å². The molecule has 3 aromatic rings. The van der Waals surface area contributed by atoms with Gasteiger partial charge in [-0.3, -0.25) is 14.4 Å². The topological polar surface area (TPSA) is 111 Å². The Morgan fingerprint density at radius 3 is 1.96 bits per heavy atom. The van der Waals surface area contributed by atoms with E-state index >= 15 is 0 Å². The van der Waals surface area contributed by atoms with Gasteiger partial charge in [-0.1, -0.05) is 73.5 Å². The highest BCUT2D eigenvalue weighted by atomic mass is 19.4. The lowest BCUT2D eigenvalue weighted by atomic mass is 9.98. The molecular formula is C37H42F3N3O6. The summed E-state index contributed by atoms with van der Waals surface area (Å²) in [6.45, 7) is 1.26. The second-order valence-electron chi connectivity index (χ2n) is 12.9. The summed E-state index contributed by atoms with van der Waals surface area (Å²) in [5.41, 5.74) is 3.88. The van der Waals surface area contributed by atoms with Crippen LogP contribution in [0.1, 0.15) is 54.4 Å². The SMILES string of the molecule is CCN(C(=O)[C@H](CC1CC1)N(C)C(O)OCC1c2ccccc2-c2ccccc21)[C@@H](Cc1ccc(C(F)(F)F)cc1)C(=O)N(C)CC(=O)O. The molecule has 49 heavy (non-hydrogen) atoms. The van der Waals surface area contributed by atoms with E-state index in [0.717, 1.165) is 52.1 Å². The van der Waals surface area contributed by atoms with Gasteiger partial charge in [0.15, 0.2) is 0 Å². The highest BCUT2D eigenvalue weighted by Crippen LogP contribution is 2.44. The summed E-state index contributed by atoms with van der Waals surface area (Å²) in [4.78, 5) is 43.4. The van der Waals surface area contributed by atoms with Crippen LogP contribution in [0.4, 0.5) is 13.2 Å². The minimum absolute atomic E-state index is 0.0540. The summed E-state index contributed by atoms with van der Waals surface area (Å²) in [5, 5.41) is 20.7. The van der Waals surface area contributed by atoms with E-state index in [2.05, 4.69) is 12.1 Å². The maximum atomic E-state index is 14.4. The first-order valence-corrected chi connectivity index (χ1v) is 16.4. The number of amides is 2. The van der Waals surface area contributed by atoms with Gasteiger partial charge in [0.05, 0.1) is 18.2 Å². The van der Waals surface area contributed by atoms with Crippen molar-refractivity contribution in [2.45, 2.75) is 63.2 Å². The highest BCUT2D eigenvalue weighted by molar-refractivity contribution is 5.91. The predicted molar refractivity (Wildman–Crippen MR) is 176 cm³/mol. The number of likely N-dealkylation sites (N-methyl/N-ethyl adjacent to an activating group) is 3. The molecule has 2 aliphatic rings. The van der Waals surface area contributed by atoms with E-state index in [1.807, 2.05) is 36.4 Å². The fourth-order valence-electron chi connectivity index (χ4n) is 6.64. The first kappa shape index (κ1) is 36.0. The number of fused-ring (bicyclic) bond motifs is 3. The van der Waals surface area contributed by atoms with Crippen molar-refractivity contribution in [2.75, 3.05) is 33.8 Å². The number of hydrogen-bond acceptors (Lipinski definition) is 6. The minimum Gasteiger partial charge on any atom is -0.480 e. The number of alkyl halides is 3. The zero-order valence-corrected chi connectivity index (χ0v) is 27.8.